The third-order valence-electron chi connectivity index (χ3n) is 3.26. The Labute approximate surface area is 135 Å². The van der Waals surface area contributed by atoms with Crippen molar-refractivity contribution < 1.29 is 9.59 Å². The van der Waals surface area contributed by atoms with Crippen molar-refractivity contribution in [1.29, 1.82) is 0 Å². The van der Waals surface area contributed by atoms with Crippen molar-refractivity contribution in [2.45, 2.75) is 46.2 Å². The second-order valence-corrected chi connectivity index (χ2v) is 5.89. The summed E-state index contributed by atoms with van der Waals surface area (Å²) in [6.45, 7) is 6.66. The third-order valence-corrected chi connectivity index (χ3v) is 3.75. The molecule has 1 aromatic rings. The van der Waals surface area contributed by atoms with Gasteiger partial charge in [-0.25, -0.2) is 0 Å². The van der Waals surface area contributed by atoms with Gasteiger partial charge in [-0.2, -0.15) is 0 Å². The van der Waals surface area contributed by atoms with Gasteiger partial charge < -0.3 is 10.2 Å². The van der Waals surface area contributed by atoms with Crippen molar-refractivity contribution in [3.63, 3.8) is 0 Å². The second-order valence-electron chi connectivity index (χ2n) is 4.97. The number of nitrogens with one attached hydrogen (secondary N) is 1. The minimum absolute atomic E-state index is 0.0193. The van der Waals surface area contributed by atoms with Gasteiger partial charge in [-0.1, -0.05) is 41.9 Å². The van der Waals surface area contributed by atoms with Crippen LogP contribution in [0.2, 0.25) is 0 Å². The monoisotopic (exact) mass is 354 g/mol. The van der Waals surface area contributed by atoms with Gasteiger partial charge in [-0.15, -0.1) is 0 Å². The van der Waals surface area contributed by atoms with E-state index in [0.717, 1.165) is 16.5 Å². The second kappa shape index (κ2) is 8.82. The fraction of sp³-hybridized carbons (Fsp3) is 0.500. The lowest BCUT2D eigenvalue weighted by Crippen LogP contribution is -2.47. The molecule has 0 heterocycles. The summed E-state index contributed by atoms with van der Waals surface area (Å²) in [6, 6.07) is 7.31. The number of carbonyl (C=O) groups excluding carboxylic acids is 2. The summed E-state index contributed by atoms with van der Waals surface area (Å²) in [4.78, 5) is 25.9. The Morgan fingerprint density at radius 3 is 2.62 bits per heavy atom. The van der Waals surface area contributed by atoms with E-state index in [2.05, 4.69) is 21.2 Å². The predicted octanol–water partition coefficient (Wildman–Crippen LogP) is 3.10. The van der Waals surface area contributed by atoms with Crippen LogP contribution < -0.4 is 5.32 Å². The average molecular weight is 355 g/mol. The number of hydrogen-bond acceptors (Lipinski definition) is 2. The SMILES string of the molecule is CCCNC(=O)[C@H](C)N(Cc1cccc(Br)c1)C(=O)CC. The van der Waals surface area contributed by atoms with Crippen LogP contribution in [0.4, 0.5) is 0 Å². The largest absolute Gasteiger partial charge is 0.354 e. The molecule has 0 saturated carbocycles. The van der Waals surface area contributed by atoms with E-state index < -0.39 is 6.04 Å². The maximum Gasteiger partial charge on any atom is 0.242 e. The van der Waals surface area contributed by atoms with E-state index >= 15 is 0 Å². The summed E-state index contributed by atoms with van der Waals surface area (Å²) in [5.41, 5.74) is 1.00. The minimum Gasteiger partial charge on any atom is -0.354 e. The summed E-state index contributed by atoms with van der Waals surface area (Å²) in [5.74, 6) is -0.122. The molecule has 1 N–H and O–H groups in total. The molecule has 0 aromatic heterocycles. The highest BCUT2D eigenvalue weighted by Gasteiger charge is 2.24. The van der Waals surface area contributed by atoms with Crippen LogP contribution in [0.5, 0.6) is 0 Å². The van der Waals surface area contributed by atoms with Gasteiger partial charge in [0.1, 0.15) is 6.04 Å². The van der Waals surface area contributed by atoms with Crippen molar-refractivity contribution in [2.24, 2.45) is 0 Å². The van der Waals surface area contributed by atoms with E-state index in [4.69, 9.17) is 0 Å². The molecule has 0 aliphatic heterocycles. The molecule has 1 aromatic carbocycles. The number of carbonyl (C=O) groups is 2. The number of amides is 2. The number of hydrogen-bond donors (Lipinski definition) is 1. The molecule has 4 nitrogen and oxygen atoms in total. The highest BCUT2D eigenvalue weighted by molar-refractivity contribution is 9.10. The molecule has 116 valence electrons. The number of rotatable bonds is 7. The van der Waals surface area contributed by atoms with E-state index in [-0.39, 0.29) is 11.8 Å². The molecule has 0 radical (unpaired) electrons. The molecule has 0 spiro atoms. The quantitative estimate of drug-likeness (QED) is 0.817. The van der Waals surface area contributed by atoms with E-state index in [9.17, 15) is 9.59 Å². The van der Waals surface area contributed by atoms with Crippen molar-refractivity contribution in [2.75, 3.05) is 6.54 Å². The minimum atomic E-state index is -0.469. The summed E-state index contributed by atoms with van der Waals surface area (Å²) < 4.78 is 0.965. The van der Waals surface area contributed by atoms with E-state index in [0.29, 0.717) is 19.5 Å². The van der Waals surface area contributed by atoms with Crippen molar-refractivity contribution >= 4 is 27.7 Å². The standard InChI is InChI=1S/C16H23BrN2O2/c1-4-9-18-16(21)12(3)19(15(20)5-2)11-13-7-6-8-14(17)10-13/h6-8,10,12H,4-5,9,11H2,1-3H3,(H,18,21)/t12-/m0/s1. The highest BCUT2D eigenvalue weighted by atomic mass is 79.9. The molecule has 0 fully saturated rings. The zero-order valence-electron chi connectivity index (χ0n) is 12.9. The number of halogens is 1. The Balaban J connectivity index is 2.85. The molecular formula is C16H23BrN2O2. The molecule has 21 heavy (non-hydrogen) atoms. The van der Waals surface area contributed by atoms with E-state index in [1.165, 1.54) is 0 Å². The third kappa shape index (κ3) is 5.50. The molecular weight excluding hydrogens is 332 g/mol. The lowest BCUT2D eigenvalue weighted by molar-refractivity contribution is -0.140. The van der Waals surface area contributed by atoms with Crippen LogP contribution in [0.15, 0.2) is 28.7 Å². The van der Waals surface area contributed by atoms with Gasteiger partial charge in [-0.3, -0.25) is 9.59 Å². The van der Waals surface area contributed by atoms with Crippen LogP contribution in [0.3, 0.4) is 0 Å². The Kier molecular flexibility index (Phi) is 7.43. The average Bonchev–Trinajstić information content (AvgIpc) is 2.48. The molecule has 0 aliphatic rings. The van der Waals surface area contributed by atoms with Crippen molar-refractivity contribution in [3.05, 3.63) is 34.3 Å². The van der Waals surface area contributed by atoms with Gasteiger partial charge in [0, 0.05) is 24.0 Å². The first-order valence-electron chi connectivity index (χ1n) is 7.31. The topological polar surface area (TPSA) is 49.4 Å². The molecule has 1 rings (SSSR count). The number of benzene rings is 1. The Morgan fingerprint density at radius 1 is 1.33 bits per heavy atom. The lowest BCUT2D eigenvalue weighted by Gasteiger charge is -2.28. The maximum atomic E-state index is 12.2. The first-order chi connectivity index (χ1) is 9.99. The van der Waals surface area contributed by atoms with E-state index in [1.807, 2.05) is 38.1 Å². The van der Waals surface area contributed by atoms with Crippen LogP contribution in [0.1, 0.15) is 39.2 Å². The molecule has 0 unspecified atom stereocenters. The molecule has 0 bridgehead atoms. The summed E-state index contributed by atoms with van der Waals surface area (Å²) >= 11 is 3.42. The summed E-state index contributed by atoms with van der Waals surface area (Å²) in [6.07, 6.45) is 1.27. The zero-order chi connectivity index (χ0) is 15.8. The Morgan fingerprint density at radius 2 is 2.05 bits per heavy atom. The molecule has 1 atom stereocenters. The van der Waals surface area contributed by atoms with Gasteiger partial charge in [0.25, 0.3) is 0 Å². The Bertz CT molecular complexity index is 491. The first kappa shape index (κ1) is 17.7. The summed E-state index contributed by atoms with van der Waals surface area (Å²) in [5, 5.41) is 2.85. The van der Waals surface area contributed by atoms with Gasteiger partial charge in [0.2, 0.25) is 11.8 Å². The van der Waals surface area contributed by atoms with Gasteiger partial charge in [0.05, 0.1) is 0 Å². The highest BCUT2D eigenvalue weighted by Crippen LogP contribution is 2.15. The first-order valence-corrected chi connectivity index (χ1v) is 8.10. The van der Waals surface area contributed by atoms with Crippen LogP contribution in [-0.2, 0) is 16.1 Å². The van der Waals surface area contributed by atoms with Crippen LogP contribution in [0.25, 0.3) is 0 Å². The van der Waals surface area contributed by atoms with E-state index in [1.54, 1.807) is 11.8 Å². The molecule has 5 heteroatoms. The molecule has 0 saturated heterocycles. The maximum absolute atomic E-state index is 12.2. The van der Waals surface area contributed by atoms with Gasteiger partial charge >= 0.3 is 0 Å². The van der Waals surface area contributed by atoms with Crippen LogP contribution >= 0.6 is 15.9 Å². The fourth-order valence-corrected chi connectivity index (χ4v) is 2.46. The Hall–Kier alpha value is -1.36. The van der Waals surface area contributed by atoms with Gasteiger partial charge in [0.15, 0.2) is 0 Å². The fourth-order valence-electron chi connectivity index (χ4n) is 2.01. The summed E-state index contributed by atoms with van der Waals surface area (Å²) in [7, 11) is 0. The zero-order valence-corrected chi connectivity index (χ0v) is 14.4. The van der Waals surface area contributed by atoms with Crippen molar-refractivity contribution in [1.82, 2.24) is 10.2 Å². The smallest absolute Gasteiger partial charge is 0.242 e. The lowest BCUT2D eigenvalue weighted by atomic mass is 10.1. The molecule has 0 aliphatic carbocycles. The number of nitrogens with zero attached hydrogens (tertiary/aromatic N) is 1. The van der Waals surface area contributed by atoms with Crippen LogP contribution in [0, 0.1) is 0 Å². The van der Waals surface area contributed by atoms with Crippen LogP contribution in [-0.4, -0.2) is 29.3 Å². The normalized spacial score (nSPS) is 11.8. The van der Waals surface area contributed by atoms with Crippen molar-refractivity contribution in [3.8, 4) is 0 Å². The molecule has 2 amide bonds. The predicted molar refractivity (Wildman–Crippen MR) is 87.7 cm³/mol. The van der Waals surface area contributed by atoms with Gasteiger partial charge in [-0.05, 0) is 31.0 Å².